The van der Waals surface area contributed by atoms with Crippen LogP contribution in [0.5, 0.6) is 11.5 Å². The van der Waals surface area contributed by atoms with Crippen molar-refractivity contribution in [3.63, 3.8) is 0 Å². The lowest BCUT2D eigenvalue weighted by molar-refractivity contribution is -0.286. The van der Waals surface area contributed by atoms with Crippen LogP contribution in [-0.4, -0.2) is 68.9 Å². The average Bonchev–Trinajstić information content (AvgIpc) is 2.80. The lowest BCUT2D eigenvalue weighted by Crippen LogP contribution is -2.61. The molecular formula is C24H31FO8. The molecule has 1 heterocycles. The normalized spacial score (nSPS) is 26.1. The fourth-order valence-electron chi connectivity index (χ4n) is 3.66. The molecule has 3 rings (SSSR count). The summed E-state index contributed by atoms with van der Waals surface area (Å²) in [7, 11) is 0. The van der Waals surface area contributed by atoms with E-state index in [2.05, 4.69) is 0 Å². The Morgan fingerprint density at radius 1 is 1.03 bits per heavy atom. The second kappa shape index (κ2) is 11.2. The van der Waals surface area contributed by atoms with Crippen molar-refractivity contribution < 1.29 is 44.1 Å². The second-order valence-electron chi connectivity index (χ2n) is 8.18. The molecule has 9 heteroatoms. The Hall–Kier alpha value is -2.27. The number of halogens is 1. The van der Waals surface area contributed by atoms with Gasteiger partial charge >= 0.3 is 0 Å². The van der Waals surface area contributed by atoms with Gasteiger partial charge in [0.25, 0.3) is 0 Å². The van der Waals surface area contributed by atoms with Gasteiger partial charge in [-0.05, 0) is 48.7 Å². The topological polar surface area (TPSA) is 129 Å². The summed E-state index contributed by atoms with van der Waals surface area (Å²) in [6, 6.07) is 9.76. The van der Waals surface area contributed by atoms with Crippen molar-refractivity contribution in [2.24, 2.45) is 0 Å². The van der Waals surface area contributed by atoms with E-state index >= 15 is 0 Å². The van der Waals surface area contributed by atoms with E-state index < -0.39 is 49.2 Å². The lowest BCUT2D eigenvalue weighted by atomic mass is 9.96. The third-order valence-corrected chi connectivity index (χ3v) is 5.50. The van der Waals surface area contributed by atoms with Crippen molar-refractivity contribution in [1.29, 1.82) is 0 Å². The molecule has 8 nitrogen and oxygen atoms in total. The molecule has 2 aromatic carbocycles. The summed E-state index contributed by atoms with van der Waals surface area (Å²) >= 11 is 0. The van der Waals surface area contributed by atoms with Crippen LogP contribution in [0.25, 0.3) is 0 Å². The Kier molecular flexibility index (Phi) is 8.63. The van der Waals surface area contributed by atoms with Gasteiger partial charge in [-0.15, -0.1) is 0 Å². The van der Waals surface area contributed by atoms with E-state index in [1.165, 1.54) is 19.1 Å². The molecule has 0 aromatic heterocycles. The molecule has 6 atom stereocenters. The monoisotopic (exact) mass is 466 g/mol. The molecule has 5 N–H and O–H groups in total. The van der Waals surface area contributed by atoms with Crippen molar-refractivity contribution in [2.45, 2.75) is 70.1 Å². The molecule has 1 saturated heterocycles. The fourth-order valence-corrected chi connectivity index (χ4v) is 3.66. The number of rotatable bonds is 9. The SMILES string of the molecule is CCCOc1ccc(Cc2c(F)cc(CO)cc2O[C@@H]2O[C@H]([C@@H](C)O)[C@@H](O)[C@H](O)[C@H]2O)cc1. The fraction of sp³-hybridized carbons (Fsp3) is 0.500. The Balaban J connectivity index is 1.87. The largest absolute Gasteiger partial charge is 0.494 e. The van der Waals surface area contributed by atoms with Gasteiger partial charge in [0.1, 0.15) is 41.7 Å². The minimum absolute atomic E-state index is 0.00217. The first-order chi connectivity index (χ1) is 15.7. The number of benzene rings is 2. The molecule has 0 aliphatic carbocycles. The molecule has 1 fully saturated rings. The molecule has 2 aromatic rings. The van der Waals surface area contributed by atoms with Crippen molar-refractivity contribution in [3.8, 4) is 11.5 Å². The first-order valence-corrected chi connectivity index (χ1v) is 10.9. The van der Waals surface area contributed by atoms with Gasteiger partial charge in [0.15, 0.2) is 0 Å². The van der Waals surface area contributed by atoms with E-state index in [0.29, 0.717) is 12.4 Å². The molecule has 0 unspecified atom stereocenters. The van der Waals surface area contributed by atoms with E-state index in [1.54, 1.807) is 24.3 Å². The van der Waals surface area contributed by atoms with E-state index in [9.17, 15) is 29.9 Å². The highest BCUT2D eigenvalue weighted by molar-refractivity contribution is 5.42. The first-order valence-electron chi connectivity index (χ1n) is 10.9. The summed E-state index contributed by atoms with van der Waals surface area (Å²) < 4.78 is 31.8. The number of ether oxygens (including phenoxy) is 3. The molecular weight excluding hydrogens is 435 g/mol. The van der Waals surface area contributed by atoms with Crippen LogP contribution >= 0.6 is 0 Å². The number of hydrogen-bond donors (Lipinski definition) is 5. The maximum atomic E-state index is 15.0. The van der Waals surface area contributed by atoms with Gasteiger partial charge in [-0.25, -0.2) is 4.39 Å². The Morgan fingerprint density at radius 2 is 1.73 bits per heavy atom. The predicted octanol–water partition coefficient (Wildman–Crippen LogP) is 1.26. The highest BCUT2D eigenvalue weighted by Crippen LogP contribution is 2.32. The van der Waals surface area contributed by atoms with Crippen LogP contribution in [0.3, 0.4) is 0 Å². The Morgan fingerprint density at radius 3 is 2.33 bits per heavy atom. The number of aliphatic hydroxyl groups excluding tert-OH is 5. The van der Waals surface area contributed by atoms with Gasteiger partial charge in [-0.1, -0.05) is 19.1 Å². The molecule has 33 heavy (non-hydrogen) atoms. The van der Waals surface area contributed by atoms with Gasteiger partial charge < -0.3 is 39.7 Å². The Labute approximate surface area is 191 Å². The van der Waals surface area contributed by atoms with E-state index in [4.69, 9.17) is 14.2 Å². The summed E-state index contributed by atoms with van der Waals surface area (Å²) in [4.78, 5) is 0. The molecule has 1 aliphatic rings. The van der Waals surface area contributed by atoms with Crippen LogP contribution in [0, 0.1) is 5.82 Å². The number of aliphatic hydroxyl groups is 5. The summed E-state index contributed by atoms with van der Waals surface area (Å²) in [6.45, 7) is 3.51. The minimum atomic E-state index is -1.65. The van der Waals surface area contributed by atoms with Crippen molar-refractivity contribution in [2.75, 3.05) is 6.61 Å². The zero-order valence-electron chi connectivity index (χ0n) is 18.6. The first kappa shape index (κ1) is 25.4. The van der Waals surface area contributed by atoms with Gasteiger partial charge in [-0.3, -0.25) is 0 Å². The number of hydrogen-bond acceptors (Lipinski definition) is 8. The summed E-state index contributed by atoms with van der Waals surface area (Å²) in [5.41, 5.74) is 1.16. The maximum absolute atomic E-state index is 15.0. The van der Waals surface area contributed by atoms with Crippen LogP contribution in [-0.2, 0) is 17.8 Å². The smallest absolute Gasteiger partial charge is 0.229 e. The van der Waals surface area contributed by atoms with Crippen LogP contribution < -0.4 is 9.47 Å². The molecule has 0 radical (unpaired) electrons. The molecule has 0 bridgehead atoms. The lowest BCUT2D eigenvalue weighted by Gasteiger charge is -2.41. The molecule has 0 amide bonds. The highest BCUT2D eigenvalue weighted by Gasteiger charge is 2.46. The third-order valence-electron chi connectivity index (χ3n) is 5.50. The molecule has 0 spiro atoms. The quantitative estimate of drug-likeness (QED) is 0.374. The van der Waals surface area contributed by atoms with E-state index in [-0.39, 0.29) is 23.3 Å². The summed E-state index contributed by atoms with van der Waals surface area (Å²) in [5, 5.41) is 49.9. The molecule has 182 valence electrons. The maximum Gasteiger partial charge on any atom is 0.229 e. The zero-order chi connectivity index (χ0) is 24.1. The van der Waals surface area contributed by atoms with Gasteiger partial charge in [0, 0.05) is 12.0 Å². The zero-order valence-corrected chi connectivity index (χ0v) is 18.6. The van der Waals surface area contributed by atoms with E-state index in [0.717, 1.165) is 12.0 Å². The standard InChI is InChI=1S/C24H31FO8/c1-3-8-31-16-6-4-14(5-7-16)9-17-18(25)10-15(12-26)11-19(17)32-24-22(30)20(28)21(29)23(33-24)13(2)27/h4-7,10-11,13,20-24,26-30H,3,8-9,12H2,1-2H3/t13-,20+,21+,22-,23-,24-/m1/s1. The molecule has 1 aliphatic heterocycles. The van der Waals surface area contributed by atoms with Crippen molar-refractivity contribution in [1.82, 2.24) is 0 Å². The Bertz CT molecular complexity index is 904. The molecule has 0 saturated carbocycles. The predicted molar refractivity (Wildman–Crippen MR) is 116 cm³/mol. The van der Waals surface area contributed by atoms with Gasteiger partial charge in [-0.2, -0.15) is 0 Å². The van der Waals surface area contributed by atoms with Gasteiger partial charge in [0.2, 0.25) is 6.29 Å². The van der Waals surface area contributed by atoms with Crippen LogP contribution in [0.2, 0.25) is 0 Å². The average molecular weight is 467 g/mol. The van der Waals surface area contributed by atoms with Crippen molar-refractivity contribution in [3.05, 3.63) is 58.9 Å². The highest BCUT2D eigenvalue weighted by atomic mass is 19.1. The van der Waals surface area contributed by atoms with E-state index in [1.807, 2.05) is 6.92 Å². The third kappa shape index (κ3) is 6.00. The second-order valence-corrected chi connectivity index (χ2v) is 8.18. The van der Waals surface area contributed by atoms with Gasteiger partial charge in [0.05, 0.1) is 19.3 Å². The van der Waals surface area contributed by atoms with Crippen LogP contribution in [0.15, 0.2) is 36.4 Å². The van der Waals surface area contributed by atoms with Crippen LogP contribution in [0.4, 0.5) is 4.39 Å². The summed E-state index contributed by atoms with van der Waals surface area (Å²) in [6.07, 6.45) is -7.70. The summed E-state index contributed by atoms with van der Waals surface area (Å²) in [5.74, 6) is 0.0757. The van der Waals surface area contributed by atoms with Crippen LogP contribution in [0.1, 0.15) is 37.0 Å². The minimum Gasteiger partial charge on any atom is -0.494 e. The van der Waals surface area contributed by atoms with Crippen molar-refractivity contribution >= 4 is 0 Å².